The second-order valence-electron chi connectivity index (χ2n) is 4.47. The molecule has 4 nitrogen and oxygen atoms in total. The largest absolute Gasteiger partial charge is 0.417 e. The summed E-state index contributed by atoms with van der Waals surface area (Å²) in [5.74, 6) is 0.159. The van der Waals surface area contributed by atoms with Gasteiger partial charge in [-0.25, -0.2) is 4.98 Å². The van der Waals surface area contributed by atoms with Crippen LogP contribution in [0.15, 0.2) is 45.4 Å². The Labute approximate surface area is 141 Å². The van der Waals surface area contributed by atoms with E-state index in [2.05, 4.69) is 31.1 Å². The molecule has 2 heterocycles. The molecule has 0 atom stereocenters. The number of pyridine rings is 1. The van der Waals surface area contributed by atoms with Gasteiger partial charge in [-0.2, -0.15) is 13.2 Å². The molecular weight excluding hydrogens is 399 g/mol. The van der Waals surface area contributed by atoms with Crippen LogP contribution in [0.1, 0.15) is 5.56 Å². The van der Waals surface area contributed by atoms with Gasteiger partial charge in [0.15, 0.2) is 0 Å². The van der Waals surface area contributed by atoms with Gasteiger partial charge < -0.3 is 4.42 Å². The first-order chi connectivity index (χ1) is 10.8. The van der Waals surface area contributed by atoms with Gasteiger partial charge in [0, 0.05) is 16.2 Å². The Morgan fingerprint density at radius 3 is 2.30 bits per heavy atom. The highest BCUT2D eigenvalue weighted by molar-refractivity contribution is 9.10. The Morgan fingerprint density at radius 1 is 1.04 bits per heavy atom. The summed E-state index contributed by atoms with van der Waals surface area (Å²) in [6, 6.07) is 7.87. The third-order valence-electron chi connectivity index (χ3n) is 2.89. The number of aromatic nitrogens is 3. The molecule has 0 fully saturated rings. The third-order valence-corrected chi connectivity index (χ3v) is 3.70. The van der Waals surface area contributed by atoms with Crippen molar-refractivity contribution in [2.24, 2.45) is 0 Å². The molecule has 118 valence electrons. The van der Waals surface area contributed by atoms with E-state index >= 15 is 0 Å². The van der Waals surface area contributed by atoms with Crippen molar-refractivity contribution < 1.29 is 17.6 Å². The summed E-state index contributed by atoms with van der Waals surface area (Å²) >= 11 is 9.16. The normalized spacial score (nSPS) is 11.7. The Morgan fingerprint density at radius 2 is 1.70 bits per heavy atom. The number of nitrogens with zero attached hydrogens (tertiary/aromatic N) is 3. The molecule has 0 saturated heterocycles. The van der Waals surface area contributed by atoms with E-state index < -0.39 is 11.7 Å². The second-order valence-corrected chi connectivity index (χ2v) is 5.79. The monoisotopic (exact) mass is 403 g/mol. The maximum absolute atomic E-state index is 12.6. The van der Waals surface area contributed by atoms with Gasteiger partial charge in [-0.1, -0.05) is 27.5 Å². The van der Waals surface area contributed by atoms with Gasteiger partial charge in [0.25, 0.3) is 5.89 Å². The van der Waals surface area contributed by atoms with Crippen molar-refractivity contribution in [3.63, 3.8) is 0 Å². The smallest absolute Gasteiger partial charge is 0.415 e. The van der Waals surface area contributed by atoms with Crippen molar-refractivity contribution in [1.29, 1.82) is 0 Å². The standard InChI is InChI=1S/C14H6BrClF3N3O/c15-9-3-1-7(2-4-9)12-21-22-13(23-12)11-10(16)5-8(6-20-11)14(17,18)19/h1-6H. The fourth-order valence-corrected chi connectivity index (χ4v) is 2.29. The number of hydrogen-bond acceptors (Lipinski definition) is 4. The highest BCUT2D eigenvalue weighted by Crippen LogP contribution is 2.34. The van der Waals surface area contributed by atoms with Crippen LogP contribution in [-0.4, -0.2) is 15.2 Å². The molecular formula is C14H6BrClF3N3O. The minimum Gasteiger partial charge on any atom is -0.415 e. The minimum absolute atomic E-state index is 0.00414. The molecule has 2 aromatic heterocycles. The molecule has 23 heavy (non-hydrogen) atoms. The Hall–Kier alpha value is -1.93. The predicted octanol–water partition coefficient (Wildman–Crippen LogP) is 5.23. The third kappa shape index (κ3) is 3.37. The highest BCUT2D eigenvalue weighted by Gasteiger charge is 2.32. The molecule has 0 N–H and O–H groups in total. The molecule has 0 bridgehead atoms. The van der Waals surface area contributed by atoms with E-state index in [0.29, 0.717) is 11.8 Å². The van der Waals surface area contributed by atoms with E-state index in [-0.39, 0.29) is 22.5 Å². The molecule has 0 radical (unpaired) electrons. The molecule has 0 aliphatic rings. The summed E-state index contributed by atoms with van der Waals surface area (Å²) in [7, 11) is 0. The van der Waals surface area contributed by atoms with Gasteiger partial charge in [-0.15, -0.1) is 10.2 Å². The Bertz CT molecular complexity index is 849. The first kappa shape index (κ1) is 15.9. The number of hydrogen-bond donors (Lipinski definition) is 0. The quantitative estimate of drug-likeness (QED) is 0.587. The summed E-state index contributed by atoms with van der Waals surface area (Å²) in [6.45, 7) is 0. The van der Waals surface area contributed by atoms with Gasteiger partial charge in [-0.3, -0.25) is 0 Å². The topological polar surface area (TPSA) is 51.8 Å². The van der Waals surface area contributed by atoms with Crippen LogP contribution in [0.3, 0.4) is 0 Å². The van der Waals surface area contributed by atoms with Crippen LogP contribution in [0.25, 0.3) is 23.0 Å². The molecule has 9 heteroatoms. The van der Waals surface area contributed by atoms with Gasteiger partial charge >= 0.3 is 6.18 Å². The summed E-state index contributed by atoms with van der Waals surface area (Å²) in [4.78, 5) is 3.68. The summed E-state index contributed by atoms with van der Waals surface area (Å²) in [5.41, 5.74) is -0.288. The fraction of sp³-hybridized carbons (Fsp3) is 0.0714. The van der Waals surface area contributed by atoms with Gasteiger partial charge in [-0.05, 0) is 30.3 Å². The summed E-state index contributed by atoms with van der Waals surface area (Å²) < 4.78 is 44.1. The molecule has 0 amide bonds. The van der Waals surface area contributed by atoms with E-state index in [4.69, 9.17) is 16.0 Å². The summed E-state index contributed by atoms with van der Waals surface area (Å²) in [6.07, 6.45) is -3.85. The lowest BCUT2D eigenvalue weighted by Crippen LogP contribution is -2.05. The first-order valence-corrected chi connectivity index (χ1v) is 7.34. The average molecular weight is 405 g/mol. The Balaban J connectivity index is 1.96. The maximum Gasteiger partial charge on any atom is 0.417 e. The minimum atomic E-state index is -4.52. The lowest BCUT2D eigenvalue weighted by Gasteiger charge is -2.07. The Kier molecular flexibility index (Phi) is 4.11. The van der Waals surface area contributed by atoms with Crippen LogP contribution in [0.2, 0.25) is 5.02 Å². The highest BCUT2D eigenvalue weighted by atomic mass is 79.9. The van der Waals surface area contributed by atoms with E-state index in [1.54, 1.807) is 24.3 Å². The van der Waals surface area contributed by atoms with Crippen molar-refractivity contribution in [1.82, 2.24) is 15.2 Å². The van der Waals surface area contributed by atoms with E-state index in [0.717, 1.165) is 10.5 Å². The van der Waals surface area contributed by atoms with Crippen LogP contribution < -0.4 is 0 Å². The van der Waals surface area contributed by atoms with Crippen molar-refractivity contribution in [3.8, 4) is 23.0 Å². The van der Waals surface area contributed by atoms with Crippen LogP contribution in [0.5, 0.6) is 0 Å². The fourth-order valence-electron chi connectivity index (χ4n) is 1.78. The average Bonchev–Trinajstić information content (AvgIpc) is 2.96. The van der Waals surface area contributed by atoms with Crippen LogP contribution >= 0.6 is 27.5 Å². The van der Waals surface area contributed by atoms with Crippen LogP contribution in [-0.2, 0) is 6.18 Å². The van der Waals surface area contributed by atoms with E-state index in [1.165, 1.54) is 0 Å². The van der Waals surface area contributed by atoms with Gasteiger partial charge in [0.2, 0.25) is 5.89 Å². The van der Waals surface area contributed by atoms with Gasteiger partial charge in [0.1, 0.15) is 5.69 Å². The molecule has 3 aromatic rings. The van der Waals surface area contributed by atoms with Crippen molar-refractivity contribution in [3.05, 3.63) is 51.6 Å². The maximum atomic E-state index is 12.6. The zero-order chi connectivity index (χ0) is 16.6. The molecule has 0 aliphatic carbocycles. The summed E-state index contributed by atoms with van der Waals surface area (Å²) in [5, 5.41) is 7.42. The van der Waals surface area contributed by atoms with E-state index in [9.17, 15) is 13.2 Å². The zero-order valence-corrected chi connectivity index (χ0v) is 13.4. The predicted molar refractivity (Wildman–Crippen MR) is 80.7 cm³/mol. The molecule has 0 saturated carbocycles. The number of rotatable bonds is 2. The van der Waals surface area contributed by atoms with Crippen molar-refractivity contribution in [2.45, 2.75) is 6.18 Å². The lowest BCUT2D eigenvalue weighted by molar-refractivity contribution is -0.137. The molecule has 1 aromatic carbocycles. The van der Waals surface area contributed by atoms with Crippen LogP contribution in [0, 0.1) is 0 Å². The molecule has 0 aliphatic heterocycles. The van der Waals surface area contributed by atoms with E-state index in [1.807, 2.05) is 0 Å². The molecule has 3 rings (SSSR count). The number of alkyl halides is 3. The van der Waals surface area contributed by atoms with Gasteiger partial charge in [0.05, 0.1) is 10.6 Å². The van der Waals surface area contributed by atoms with Crippen LogP contribution in [0.4, 0.5) is 13.2 Å². The SMILES string of the molecule is FC(F)(F)c1cnc(-c2nnc(-c3ccc(Br)cc3)o2)c(Cl)c1. The molecule has 0 unspecified atom stereocenters. The number of benzene rings is 1. The van der Waals surface area contributed by atoms with Crippen molar-refractivity contribution >= 4 is 27.5 Å². The first-order valence-electron chi connectivity index (χ1n) is 6.17. The molecule has 0 spiro atoms. The number of halogens is 5. The lowest BCUT2D eigenvalue weighted by atomic mass is 10.2. The second kappa shape index (κ2) is 5.93. The zero-order valence-electron chi connectivity index (χ0n) is 11.1. The van der Waals surface area contributed by atoms with Crippen molar-refractivity contribution in [2.75, 3.05) is 0 Å².